The van der Waals surface area contributed by atoms with Gasteiger partial charge in [0.05, 0.1) is 15.6 Å². The van der Waals surface area contributed by atoms with E-state index in [1.54, 1.807) is 42.5 Å². The number of anilines is 1. The van der Waals surface area contributed by atoms with Crippen molar-refractivity contribution < 1.29 is 13.2 Å². The number of nitrogens with one attached hydrogen (secondary N) is 1. The fraction of sp³-hybridized carbons (Fsp3) is 0.500. The van der Waals surface area contributed by atoms with Gasteiger partial charge >= 0.3 is 0 Å². The summed E-state index contributed by atoms with van der Waals surface area (Å²) in [5.41, 5.74) is 0.561. The molecule has 2 aromatic rings. The van der Waals surface area contributed by atoms with E-state index < -0.39 is 10.0 Å². The fourth-order valence-corrected chi connectivity index (χ4v) is 9.47. The minimum atomic E-state index is -3.97. The number of benzene rings is 2. The summed E-state index contributed by atoms with van der Waals surface area (Å²) in [6.07, 6.45) is 6.59. The van der Waals surface area contributed by atoms with Crippen molar-refractivity contribution in [3.63, 3.8) is 0 Å². The van der Waals surface area contributed by atoms with Crippen LogP contribution in [0.25, 0.3) is 0 Å². The second-order valence-electron chi connectivity index (χ2n) is 11.2. The largest absolute Gasteiger partial charge is 0.349 e. The molecule has 5 nitrogen and oxygen atoms in total. The first kappa shape index (κ1) is 22.7. The summed E-state index contributed by atoms with van der Waals surface area (Å²) in [6.45, 7) is 4.40. The zero-order chi connectivity index (χ0) is 23.5. The number of amides is 1. The van der Waals surface area contributed by atoms with Gasteiger partial charge in [0.1, 0.15) is 6.54 Å². The third kappa shape index (κ3) is 4.17. The highest BCUT2D eigenvalue weighted by Crippen LogP contribution is 2.66. The van der Waals surface area contributed by atoms with Gasteiger partial charge in [-0.2, -0.15) is 0 Å². The zero-order valence-corrected chi connectivity index (χ0v) is 20.8. The Balaban J connectivity index is 1.45. The lowest BCUT2D eigenvalue weighted by Crippen LogP contribution is -2.65. The van der Waals surface area contributed by atoms with Gasteiger partial charge in [0.25, 0.3) is 10.0 Å². The quantitative estimate of drug-likeness (QED) is 0.594. The van der Waals surface area contributed by atoms with Crippen molar-refractivity contribution in [2.45, 2.75) is 62.8 Å². The van der Waals surface area contributed by atoms with Crippen LogP contribution in [0.1, 0.15) is 52.4 Å². The second kappa shape index (κ2) is 7.74. The molecule has 1 amide bonds. The topological polar surface area (TPSA) is 66.5 Å². The SMILES string of the molecule is CC12CC3CC(C)(C1)CC(NC(=O)CN(c1ccccc1Cl)S(=O)(=O)c1ccccc1)(C3)C2. The van der Waals surface area contributed by atoms with Crippen LogP contribution in [0.3, 0.4) is 0 Å². The molecule has 176 valence electrons. The van der Waals surface area contributed by atoms with Crippen molar-refractivity contribution >= 4 is 33.2 Å². The lowest BCUT2D eigenvalue weighted by atomic mass is 9.43. The van der Waals surface area contributed by atoms with Crippen LogP contribution in [0, 0.1) is 16.7 Å². The Labute approximate surface area is 201 Å². The Morgan fingerprint density at radius 1 is 0.970 bits per heavy atom. The van der Waals surface area contributed by atoms with E-state index in [1.165, 1.54) is 31.4 Å². The van der Waals surface area contributed by atoms with Crippen LogP contribution in [0.5, 0.6) is 0 Å². The third-order valence-electron chi connectivity index (χ3n) is 7.77. The third-order valence-corrected chi connectivity index (χ3v) is 9.86. The van der Waals surface area contributed by atoms with Crippen LogP contribution in [-0.2, 0) is 14.8 Å². The first-order chi connectivity index (χ1) is 15.5. The van der Waals surface area contributed by atoms with E-state index in [1.807, 2.05) is 0 Å². The molecule has 4 saturated carbocycles. The van der Waals surface area contributed by atoms with E-state index in [0.29, 0.717) is 16.6 Å². The molecule has 4 aliphatic carbocycles. The number of sulfonamides is 1. The van der Waals surface area contributed by atoms with Gasteiger partial charge in [-0.1, -0.05) is 55.8 Å². The Hall–Kier alpha value is -2.05. The number of hydrogen-bond donors (Lipinski definition) is 1. The number of halogens is 1. The van der Waals surface area contributed by atoms with Crippen LogP contribution < -0.4 is 9.62 Å². The highest BCUT2D eigenvalue weighted by molar-refractivity contribution is 7.92. The van der Waals surface area contributed by atoms with Crippen LogP contribution in [0.15, 0.2) is 59.5 Å². The number of carbonyl (C=O) groups excluding carboxylic acids is 1. The molecular weight excluding hydrogens is 456 g/mol. The van der Waals surface area contributed by atoms with Crippen molar-refractivity contribution in [2.75, 3.05) is 10.8 Å². The molecule has 2 aromatic carbocycles. The summed E-state index contributed by atoms with van der Waals surface area (Å²) in [4.78, 5) is 13.6. The fourth-order valence-electron chi connectivity index (χ4n) is 7.73. The lowest BCUT2D eigenvalue weighted by molar-refractivity contribution is -0.138. The Morgan fingerprint density at radius 3 is 2.18 bits per heavy atom. The van der Waals surface area contributed by atoms with Gasteiger partial charge in [0.2, 0.25) is 5.91 Å². The van der Waals surface area contributed by atoms with E-state index in [-0.39, 0.29) is 33.7 Å². The Bertz CT molecular complexity index is 1170. The molecule has 33 heavy (non-hydrogen) atoms. The first-order valence-electron chi connectivity index (χ1n) is 11.7. The van der Waals surface area contributed by atoms with Gasteiger partial charge < -0.3 is 5.32 Å². The molecular formula is C26H31ClN2O3S. The smallest absolute Gasteiger partial charge is 0.264 e. The normalized spacial score (nSPS) is 32.5. The Morgan fingerprint density at radius 2 is 1.58 bits per heavy atom. The number of para-hydroxylation sites is 1. The predicted molar refractivity (Wildman–Crippen MR) is 131 cm³/mol. The molecule has 6 rings (SSSR count). The van der Waals surface area contributed by atoms with Gasteiger partial charge in [-0.15, -0.1) is 0 Å². The summed E-state index contributed by atoms with van der Waals surface area (Å²) < 4.78 is 28.3. The average Bonchev–Trinajstić information content (AvgIpc) is 2.70. The minimum absolute atomic E-state index is 0.132. The molecule has 7 heteroatoms. The second-order valence-corrected chi connectivity index (χ2v) is 13.5. The number of hydrogen-bond acceptors (Lipinski definition) is 3. The van der Waals surface area contributed by atoms with E-state index >= 15 is 0 Å². The maximum Gasteiger partial charge on any atom is 0.264 e. The number of nitrogens with zero attached hydrogens (tertiary/aromatic N) is 1. The van der Waals surface area contributed by atoms with E-state index in [2.05, 4.69) is 19.2 Å². The molecule has 1 N–H and O–H groups in total. The molecule has 0 radical (unpaired) electrons. The standard InChI is InChI=1S/C26H31ClN2O3S/c1-24-12-19-13-25(2,16-24)18-26(14-19,17-24)28-23(30)15-29(22-11-7-6-10-21(22)27)33(31,32)20-8-4-3-5-9-20/h3-11,19H,12-18H2,1-2H3,(H,28,30). The number of carbonyl (C=O) groups is 1. The highest BCUT2D eigenvalue weighted by Gasteiger charge is 2.60. The zero-order valence-electron chi connectivity index (χ0n) is 19.2. The van der Waals surface area contributed by atoms with Crippen molar-refractivity contribution in [1.29, 1.82) is 0 Å². The summed E-state index contributed by atoms with van der Waals surface area (Å²) in [6, 6.07) is 15.0. The van der Waals surface area contributed by atoms with Crippen molar-refractivity contribution in [1.82, 2.24) is 5.32 Å². The van der Waals surface area contributed by atoms with Crippen LogP contribution in [0.2, 0.25) is 5.02 Å². The van der Waals surface area contributed by atoms with Crippen LogP contribution in [0.4, 0.5) is 5.69 Å². The molecule has 2 unspecified atom stereocenters. The van der Waals surface area contributed by atoms with Gasteiger partial charge in [-0.3, -0.25) is 9.10 Å². The van der Waals surface area contributed by atoms with Gasteiger partial charge in [0.15, 0.2) is 0 Å². The molecule has 0 heterocycles. The molecule has 4 aliphatic rings. The van der Waals surface area contributed by atoms with Crippen molar-refractivity contribution in [3.8, 4) is 0 Å². The van der Waals surface area contributed by atoms with Gasteiger partial charge in [-0.25, -0.2) is 8.42 Å². The van der Waals surface area contributed by atoms with Crippen molar-refractivity contribution in [3.05, 3.63) is 59.6 Å². The average molecular weight is 487 g/mol. The Kier molecular flexibility index (Phi) is 5.33. The molecule has 0 spiro atoms. The molecule has 0 saturated heterocycles. The van der Waals surface area contributed by atoms with Gasteiger partial charge in [-0.05, 0) is 79.5 Å². The molecule has 4 bridgehead atoms. The predicted octanol–water partition coefficient (Wildman–Crippen LogP) is 5.40. The molecule has 4 fully saturated rings. The maximum atomic E-state index is 13.6. The first-order valence-corrected chi connectivity index (χ1v) is 13.5. The summed E-state index contributed by atoms with van der Waals surface area (Å²) >= 11 is 6.39. The monoisotopic (exact) mass is 486 g/mol. The lowest BCUT2D eigenvalue weighted by Gasteiger charge is -2.65. The summed E-state index contributed by atoms with van der Waals surface area (Å²) in [5.74, 6) is 0.354. The minimum Gasteiger partial charge on any atom is -0.349 e. The van der Waals surface area contributed by atoms with Crippen molar-refractivity contribution in [2.24, 2.45) is 16.7 Å². The molecule has 0 aromatic heterocycles. The van der Waals surface area contributed by atoms with E-state index in [4.69, 9.17) is 11.6 Å². The maximum absolute atomic E-state index is 13.6. The van der Waals surface area contributed by atoms with E-state index in [0.717, 1.165) is 23.6 Å². The van der Waals surface area contributed by atoms with Crippen LogP contribution >= 0.6 is 11.6 Å². The van der Waals surface area contributed by atoms with E-state index in [9.17, 15) is 13.2 Å². The van der Waals surface area contributed by atoms with Crippen LogP contribution in [-0.4, -0.2) is 26.4 Å². The van der Waals surface area contributed by atoms with Gasteiger partial charge in [0, 0.05) is 5.54 Å². The molecule has 2 atom stereocenters. The summed E-state index contributed by atoms with van der Waals surface area (Å²) in [5, 5.41) is 3.62. The number of rotatable bonds is 6. The summed E-state index contributed by atoms with van der Waals surface area (Å²) in [7, 11) is -3.97. The highest BCUT2D eigenvalue weighted by atomic mass is 35.5. The molecule has 0 aliphatic heterocycles.